The van der Waals surface area contributed by atoms with Crippen molar-refractivity contribution in [3.8, 4) is 5.88 Å². The topological polar surface area (TPSA) is 77.2 Å². The number of hydrogen-bond acceptors (Lipinski definition) is 5. The molecule has 0 aliphatic rings. The summed E-state index contributed by atoms with van der Waals surface area (Å²) in [6.45, 7) is 3.88. The molecule has 0 saturated heterocycles. The number of nitrogens with zero attached hydrogens (tertiary/aromatic N) is 1. The van der Waals surface area contributed by atoms with Crippen LogP contribution in [0.4, 0.5) is 5.69 Å². The summed E-state index contributed by atoms with van der Waals surface area (Å²) in [4.78, 5) is 17.6. The number of hydrogen-bond donors (Lipinski definition) is 2. The number of halogens is 1. The van der Waals surface area contributed by atoms with E-state index in [0.29, 0.717) is 16.6 Å². The van der Waals surface area contributed by atoms with Crippen molar-refractivity contribution in [1.82, 2.24) is 4.98 Å². The second-order valence-corrected chi connectivity index (χ2v) is 7.37. The molecule has 3 N–H and O–H groups in total. The van der Waals surface area contributed by atoms with E-state index in [2.05, 4.69) is 10.3 Å². The average molecular weight is 402 g/mol. The van der Waals surface area contributed by atoms with Gasteiger partial charge in [0.1, 0.15) is 0 Å². The maximum atomic E-state index is 12.5. The number of nitrogens with two attached hydrogens (primary N) is 1. The van der Waals surface area contributed by atoms with Crippen LogP contribution in [-0.4, -0.2) is 17.0 Å². The molecule has 0 bridgehead atoms. The molecule has 7 heteroatoms. The minimum atomic E-state index is -0.161. The molecule has 27 heavy (non-hydrogen) atoms. The summed E-state index contributed by atoms with van der Waals surface area (Å²) in [7, 11) is 0. The number of carbonyl (C=O) groups excluding carboxylic acids is 1. The van der Waals surface area contributed by atoms with Gasteiger partial charge in [-0.05, 0) is 55.6 Å². The van der Waals surface area contributed by atoms with E-state index in [4.69, 9.17) is 21.5 Å². The molecule has 0 aliphatic heterocycles. The minimum Gasteiger partial charge on any atom is -0.475 e. The van der Waals surface area contributed by atoms with Crippen LogP contribution in [0.3, 0.4) is 0 Å². The van der Waals surface area contributed by atoms with Gasteiger partial charge in [-0.3, -0.25) is 9.93 Å². The van der Waals surface area contributed by atoms with Gasteiger partial charge < -0.3 is 10.1 Å². The van der Waals surface area contributed by atoms with Gasteiger partial charge in [0.15, 0.2) is 0 Å². The zero-order valence-corrected chi connectivity index (χ0v) is 16.6. The Morgan fingerprint density at radius 1 is 1.26 bits per heavy atom. The lowest BCUT2D eigenvalue weighted by Gasteiger charge is -2.14. The average Bonchev–Trinajstić information content (AvgIpc) is 2.63. The summed E-state index contributed by atoms with van der Waals surface area (Å²) in [5.74, 6) is 0.352. The molecule has 140 valence electrons. The third-order valence-corrected chi connectivity index (χ3v) is 4.83. The van der Waals surface area contributed by atoms with Gasteiger partial charge in [0, 0.05) is 32.6 Å². The molecular formula is C20H20ClN3O2S. The summed E-state index contributed by atoms with van der Waals surface area (Å²) in [5, 5.41) is 11.1. The zero-order chi connectivity index (χ0) is 19.4. The third kappa shape index (κ3) is 4.71. The maximum Gasteiger partial charge on any atom is 0.228 e. The van der Waals surface area contributed by atoms with Crippen LogP contribution in [-0.2, 0) is 11.2 Å². The number of nitrogens with one attached hydrogen (secondary N) is 1. The smallest absolute Gasteiger partial charge is 0.228 e. The first-order valence-corrected chi connectivity index (χ1v) is 9.73. The van der Waals surface area contributed by atoms with E-state index in [1.165, 1.54) is 0 Å². The van der Waals surface area contributed by atoms with Crippen molar-refractivity contribution in [2.75, 3.05) is 5.32 Å². The van der Waals surface area contributed by atoms with Crippen LogP contribution in [0.2, 0.25) is 5.02 Å². The lowest BCUT2D eigenvalue weighted by atomic mass is 10.1. The van der Waals surface area contributed by atoms with E-state index in [-0.39, 0.29) is 18.4 Å². The van der Waals surface area contributed by atoms with Crippen molar-refractivity contribution in [2.24, 2.45) is 5.14 Å². The highest BCUT2D eigenvalue weighted by molar-refractivity contribution is 7.97. The molecule has 0 spiro atoms. The van der Waals surface area contributed by atoms with Gasteiger partial charge in [-0.15, -0.1) is 0 Å². The normalized spacial score (nSPS) is 11.0. The van der Waals surface area contributed by atoms with Crippen LogP contribution in [0.25, 0.3) is 10.8 Å². The Morgan fingerprint density at radius 2 is 2.04 bits per heavy atom. The quantitative estimate of drug-likeness (QED) is 0.579. The van der Waals surface area contributed by atoms with Gasteiger partial charge in [-0.1, -0.05) is 29.8 Å². The highest BCUT2D eigenvalue weighted by atomic mass is 35.5. The number of benzene rings is 2. The number of aromatic nitrogens is 1. The van der Waals surface area contributed by atoms with Crippen LogP contribution in [0.1, 0.15) is 19.4 Å². The van der Waals surface area contributed by atoms with Gasteiger partial charge in [-0.2, -0.15) is 0 Å². The number of pyridine rings is 1. The number of carbonyl (C=O) groups is 1. The Labute approximate surface area is 167 Å². The molecule has 3 rings (SSSR count). The van der Waals surface area contributed by atoms with Crippen molar-refractivity contribution < 1.29 is 9.53 Å². The second-order valence-electron chi connectivity index (χ2n) is 6.29. The molecule has 0 saturated carbocycles. The van der Waals surface area contributed by atoms with Crippen LogP contribution in [0.5, 0.6) is 5.88 Å². The lowest BCUT2D eigenvalue weighted by molar-refractivity contribution is -0.115. The minimum absolute atomic E-state index is 0.0180. The Kier molecular flexibility index (Phi) is 6.21. The van der Waals surface area contributed by atoms with E-state index in [1.54, 1.807) is 12.3 Å². The molecule has 0 radical (unpaired) electrons. The highest BCUT2D eigenvalue weighted by Gasteiger charge is 2.13. The second kappa shape index (κ2) is 8.61. The Balaban J connectivity index is 1.92. The van der Waals surface area contributed by atoms with Crippen LogP contribution in [0, 0.1) is 0 Å². The molecule has 2 aromatic carbocycles. The van der Waals surface area contributed by atoms with Crippen molar-refractivity contribution in [1.29, 1.82) is 0 Å². The number of amides is 1. The summed E-state index contributed by atoms with van der Waals surface area (Å²) in [6, 6.07) is 12.9. The monoisotopic (exact) mass is 401 g/mol. The summed E-state index contributed by atoms with van der Waals surface area (Å²) < 4.78 is 5.81. The van der Waals surface area contributed by atoms with Crippen LogP contribution >= 0.6 is 23.5 Å². The third-order valence-electron chi connectivity index (χ3n) is 3.87. The van der Waals surface area contributed by atoms with Gasteiger partial charge in [0.25, 0.3) is 0 Å². The molecule has 0 unspecified atom stereocenters. The van der Waals surface area contributed by atoms with E-state index in [0.717, 1.165) is 33.2 Å². The summed E-state index contributed by atoms with van der Waals surface area (Å²) in [5.41, 5.74) is 1.41. The molecule has 0 atom stereocenters. The van der Waals surface area contributed by atoms with E-state index < -0.39 is 0 Å². The summed E-state index contributed by atoms with van der Waals surface area (Å²) in [6.07, 6.45) is 1.86. The Bertz CT molecular complexity index is 979. The molecule has 1 aromatic heterocycles. The fraction of sp³-hybridized carbons (Fsp3) is 0.200. The zero-order valence-electron chi connectivity index (χ0n) is 15.0. The first-order chi connectivity index (χ1) is 13.0. The van der Waals surface area contributed by atoms with E-state index >= 15 is 0 Å². The number of anilines is 1. The van der Waals surface area contributed by atoms with E-state index in [1.807, 2.05) is 50.2 Å². The molecule has 0 fully saturated rings. The predicted molar refractivity (Wildman–Crippen MR) is 111 cm³/mol. The van der Waals surface area contributed by atoms with Crippen molar-refractivity contribution in [3.05, 3.63) is 59.2 Å². The van der Waals surface area contributed by atoms with Crippen molar-refractivity contribution in [3.63, 3.8) is 0 Å². The van der Waals surface area contributed by atoms with Gasteiger partial charge in [-0.25, -0.2) is 4.98 Å². The van der Waals surface area contributed by atoms with Gasteiger partial charge >= 0.3 is 0 Å². The number of fused-ring (bicyclic) bond motifs is 1. The SMILES string of the molecule is CC(C)Oc1nccc2c(SN)cc(NC(=O)Cc3ccccc3Cl)cc12. The maximum absolute atomic E-state index is 12.5. The van der Waals surface area contributed by atoms with E-state index in [9.17, 15) is 4.79 Å². The van der Waals surface area contributed by atoms with Crippen LogP contribution < -0.4 is 15.2 Å². The molecular weight excluding hydrogens is 382 g/mol. The molecule has 3 aromatic rings. The standard InChI is InChI=1S/C20H20ClN3O2S/c1-12(2)26-20-16-10-14(11-18(27-22)15(16)7-8-23-20)24-19(25)9-13-5-3-4-6-17(13)21/h3-8,10-12H,9,22H2,1-2H3,(H,24,25). The van der Waals surface area contributed by atoms with Gasteiger partial charge in [0.2, 0.25) is 11.8 Å². The fourth-order valence-corrected chi connectivity index (χ4v) is 3.43. The van der Waals surface area contributed by atoms with Crippen molar-refractivity contribution in [2.45, 2.75) is 31.3 Å². The first kappa shape index (κ1) is 19.5. The Morgan fingerprint density at radius 3 is 2.74 bits per heavy atom. The Hall–Kier alpha value is -2.28. The fourth-order valence-electron chi connectivity index (χ4n) is 2.73. The number of rotatable bonds is 6. The van der Waals surface area contributed by atoms with Crippen LogP contribution in [0.15, 0.2) is 53.6 Å². The predicted octanol–water partition coefficient (Wildman–Crippen LogP) is 4.82. The first-order valence-electron chi connectivity index (χ1n) is 8.47. The molecule has 5 nitrogen and oxygen atoms in total. The summed E-state index contributed by atoms with van der Waals surface area (Å²) >= 11 is 7.26. The molecule has 0 aliphatic carbocycles. The highest BCUT2D eigenvalue weighted by Crippen LogP contribution is 2.33. The molecule has 1 amide bonds. The van der Waals surface area contributed by atoms with Crippen molar-refractivity contribution >= 4 is 45.9 Å². The lowest BCUT2D eigenvalue weighted by Crippen LogP contribution is -2.15. The van der Waals surface area contributed by atoms with Gasteiger partial charge in [0.05, 0.1) is 12.5 Å². The molecule has 1 heterocycles. The number of ether oxygens (including phenoxy) is 1. The largest absolute Gasteiger partial charge is 0.475 e.